The minimum absolute atomic E-state index is 0.0845. The Morgan fingerprint density at radius 2 is 1.97 bits per heavy atom. The van der Waals surface area contributed by atoms with Gasteiger partial charge in [-0.1, -0.05) is 13.8 Å². The van der Waals surface area contributed by atoms with Gasteiger partial charge in [-0.2, -0.15) is 0 Å². The molecule has 0 saturated heterocycles. The van der Waals surface area contributed by atoms with Gasteiger partial charge >= 0.3 is 0 Å². The maximum Gasteiger partial charge on any atom is 0.265 e. The first-order chi connectivity index (χ1) is 15.7. The molecule has 9 heteroatoms. The van der Waals surface area contributed by atoms with Gasteiger partial charge in [0, 0.05) is 31.1 Å². The second kappa shape index (κ2) is 10.9. The summed E-state index contributed by atoms with van der Waals surface area (Å²) in [4.78, 5) is 38.4. The third kappa shape index (κ3) is 6.50. The van der Waals surface area contributed by atoms with Crippen molar-refractivity contribution in [2.24, 2.45) is 5.92 Å². The molecule has 2 aromatic rings. The number of halogens is 2. The molecule has 2 aromatic carbocycles. The van der Waals surface area contributed by atoms with Gasteiger partial charge in [-0.25, -0.2) is 8.78 Å². The summed E-state index contributed by atoms with van der Waals surface area (Å²) in [6.07, 6.45) is 0.711. The first-order valence-electron chi connectivity index (χ1n) is 10.7. The van der Waals surface area contributed by atoms with Crippen LogP contribution in [0.2, 0.25) is 0 Å². The fourth-order valence-electron chi connectivity index (χ4n) is 3.24. The quantitative estimate of drug-likeness (QED) is 0.549. The van der Waals surface area contributed by atoms with E-state index < -0.39 is 24.0 Å². The lowest BCUT2D eigenvalue weighted by molar-refractivity contribution is -0.122. The van der Waals surface area contributed by atoms with E-state index >= 15 is 0 Å². The second-order valence-electron chi connectivity index (χ2n) is 8.10. The van der Waals surface area contributed by atoms with Crippen LogP contribution in [-0.2, 0) is 9.59 Å². The average molecular weight is 460 g/mol. The number of carbonyl (C=O) groups is 3. The van der Waals surface area contributed by atoms with Crippen molar-refractivity contribution in [3.05, 3.63) is 53.6 Å². The molecule has 0 aromatic heterocycles. The summed E-state index contributed by atoms with van der Waals surface area (Å²) in [5.41, 5.74) is 0.668. The number of ketones is 1. The average Bonchev–Trinajstić information content (AvgIpc) is 2.78. The Bertz CT molecular complexity index is 1040. The Kier molecular flexibility index (Phi) is 7.97. The molecule has 1 aliphatic heterocycles. The number of amides is 2. The van der Waals surface area contributed by atoms with Crippen LogP contribution in [-0.4, -0.2) is 43.9 Å². The van der Waals surface area contributed by atoms with Gasteiger partial charge in [-0.15, -0.1) is 0 Å². The van der Waals surface area contributed by atoms with Crippen LogP contribution in [0.5, 0.6) is 11.5 Å². The zero-order valence-electron chi connectivity index (χ0n) is 18.5. The van der Waals surface area contributed by atoms with Gasteiger partial charge in [-0.3, -0.25) is 14.4 Å². The SMILES string of the molecule is CC(C)CNC(=O)CCCN1C(=O)COc2ccc(C(=O)COc3ccc(F)cc3F)cc21. The van der Waals surface area contributed by atoms with E-state index in [1.165, 1.54) is 17.0 Å². The van der Waals surface area contributed by atoms with E-state index in [-0.39, 0.29) is 36.2 Å². The highest BCUT2D eigenvalue weighted by Gasteiger charge is 2.26. The van der Waals surface area contributed by atoms with Gasteiger partial charge < -0.3 is 19.7 Å². The summed E-state index contributed by atoms with van der Waals surface area (Å²) < 4.78 is 37.4. The van der Waals surface area contributed by atoms with Gasteiger partial charge in [-0.05, 0) is 42.7 Å². The fourth-order valence-corrected chi connectivity index (χ4v) is 3.24. The molecule has 0 bridgehead atoms. The van der Waals surface area contributed by atoms with E-state index in [0.717, 1.165) is 12.1 Å². The lowest BCUT2D eigenvalue weighted by Gasteiger charge is -2.29. The Morgan fingerprint density at radius 1 is 1.18 bits per heavy atom. The van der Waals surface area contributed by atoms with Crippen LogP contribution in [0.15, 0.2) is 36.4 Å². The molecule has 3 rings (SSSR count). The highest BCUT2D eigenvalue weighted by molar-refractivity contribution is 6.02. The number of anilines is 1. The molecule has 0 atom stereocenters. The maximum absolute atomic E-state index is 13.7. The number of hydrogen-bond acceptors (Lipinski definition) is 5. The molecule has 0 spiro atoms. The smallest absolute Gasteiger partial charge is 0.265 e. The number of carbonyl (C=O) groups excluding carboxylic acids is 3. The summed E-state index contributed by atoms with van der Waals surface area (Å²) in [6, 6.07) is 7.43. The molecule has 176 valence electrons. The first-order valence-corrected chi connectivity index (χ1v) is 10.7. The third-order valence-electron chi connectivity index (χ3n) is 4.97. The summed E-state index contributed by atoms with van der Waals surface area (Å²) in [7, 11) is 0. The molecule has 1 N–H and O–H groups in total. The molecule has 33 heavy (non-hydrogen) atoms. The number of benzene rings is 2. The van der Waals surface area contributed by atoms with E-state index in [4.69, 9.17) is 9.47 Å². The number of ether oxygens (including phenoxy) is 2. The Hall–Kier alpha value is -3.49. The van der Waals surface area contributed by atoms with Crippen molar-refractivity contribution in [3.8, 4) is 11.5 Å². The highest BCUT2D eigenvalue weighted by atomic mass is 19.1. The predicted molar refractivity (Wildman–Crippen MR) is 118 cm³/mol. The van der Waals surface area contributed by atoms with E-state index in [1.807, 2.05) is 13.8 Å². The van der Waals surface area contributed by atoms with E-state index in [9.17, 15) is 23.2 Å². The topological polar surface area (TPSA) is 84.9 Å². The Morgan fingerprint density at radius 3 is 2.70 bits per heavy atom. The number of nitrogens with zero attached hydrogens (tertiary/aromatic N) is 1. The maximum atomic E-state index is 13.7. The summed E-state index contributed by atoms with van der Waals surface area (Å²) in [6.45, 7) is 4.29. The van der Waals surface area contributed by atoms with Crippen LogP contribution < -0.4 is 19.7 Å². The highest BCUT2D eigenvalue weighted by Crippen LogP contribution is 2.33. The van der Waals surface area contributed by atoms with Crippen molar-refractivity contribution in [1.29, 1.82) is 0 Å². The largest absolute Gasteiger partial charge is 0.482 e. The number of rotatable bonds is 10. The van der Waals surface area contributed by atoms with Crippen LogP contribution in [0.25, 0.3) is 0 Å². The van der Waals surface area contributed by atoms with Crippen LogP contribution >= 0.6 is 0 Å². The molecule has 0 fully saturated rings. The number of Topliss-reactive ketones (excluding diaryl/α,β-unsaturated/α-hetero) is 1. The standard InChI is InChI=1S/C24H26F2N2O5/c1-15(2)12-27-23(30)4-3-9-28-19-10-16(5-7-22(19)33-14-24(28)31)20(29)13-32-21-8-6-17(25)11-18(21)26/h5-8,10-11,15H,3-4,9,12-14H2,1-2H3,(H,27,30). The Labute approximate surface area is 190 Å². The molecular formula is C24H26F2N2O5. The number of hydrogen-bond donors (Lipinski definition) is 1. The molecule has 0 saturated carbocycles. The van der Waals surface area contributed by atoms with Gasteiger partial charge in [0.15, 0.2) is 30.6 Å². The predicted octanol–water partition coefficient (Wildman–Crippen LogP) is 3.50. The van der Waals surface area contributed by atoms with Gasteiger partial charge in [0.1, 0.15) is 11.6 Å². The molecule has 0 unspecified atom stereocenters. The molecule has 1 heterocycles. The monoisotopic (exact) mass is 460 g/mol. The summed E-state index contributed by atoms with van der Waals surface area (Å²) in [5.74, 6) is -1.91. The molecule has 0 aliphatic carbocycles. The number of nitrogens with one attached hydrogen (secondary N) is 1. The van der Waals surface area contributed by atoms with Crippen LogP contribution in [0.3, 0.4) is 0 Å². The minimum Gasteiger partial charge on any atom is -0.482 e. The zero-order valence-corrected chi connectivity index (χ0v) is 18.5. The fraction of sp³-hybridized carbons (Fsp3) is 0.375. The number of fused-ring (bicyclic) bond motifs is 1. The lowest BCUT2D eigenvalue weighted by Crippen LogP contribution is -2.40. The second-order valence-corrected chi connectivity index (χ2v) is 8.10. The zero-order chi connectivity index (χ0) is 24.0. The van der Waals surface area contributed by atoms with Crippen molar-refractivity contribution >= 4 is 23.3 Å². The van der Waals surface area contributed by atoms with Crippen molar-refractivity contribution < 1.29 is 32.6 Å². The molecule has 7 nitrogen and oxygen atoms in total. The van der Waals surface area contributed by atoms with Gasteiger partial charge in [0.25, 0.3) is 5.91 Å². The molecule has 2 amide bonds. The van der Waals surface area contributed by atoms with E-state index in [2.05, 4.69) is 5.32 Å². The first kappa shape index (κ1) is 24.2. The lowest BCUT2D eigenvalue weighted by atomic mass is 10.1. The van der Waals surface area contributed by atoms with Gasteiger partial charge in [0.2, 0.25) is 5.91 Å². The molecular weight excluding hydrogens is 434 g/mol. The van der Waals surface area contributed by atoms with Crippen LogP contribution in [0.4, 0.5) is 14.5 Å². The summed E-state index contributed by atoms with van der Waals surface area (Å²) >= 11 is 0. The van der Waals surface area contributed by atoms with Crippen molar-refractivity contribution in [3.63, 3.8) is 0 Å². The normalized spacial score (nSPS) is 12.9. The molecule has 0 radical (unpaired) electrons. The van der Waals surface area contributed by atoms with Crippen LogP contribution in [0, 0.1) is 17.6 Å². The van der Waals surface area contributed by atoms with E-state index in [1.54, 1.807) is 6.07 Å². The van der Waals surface area contributed by atoms with Crippen LogP contribution in [0.1, 0.15) is 37.0 Å². The van der Waals surface area contributed by atoms with Crippen molar-refractivity contribution in [1.82, 2.24) is 5.32 Å². The third-order valence-corrected chi connectivity index (χ3v) is 4.97. The summed E-state index contributed by atoms with van der Waals surface area (Å²) in [5, 5.41) is 2.84. The van der Waals surface area contributed by atoms with Crippen molar-refractivity contribution in [2.45, 2.75) is 26.7 Å². The minimum atomic E-state index is -0.907. The Balaban J connectivity index is 1.64. The van der Waals surface area contributed by atoms with E-state index in [0.29, 0.717) is 42.9 Å². The molecule has 1 aliphatic rings. The van der Waals surface area contributed by atoms with Crippen molar-refractivity contribution in [2.75, 3.05) is 31.2 Å². The van der Waals surface area contributed by atoms with Gasteiger partial charge in [0.05, 0.1) is 5.69 Å².